The fourth-order valence-electron chi connectivity index (χ4n) is 1.40. The third-order valence-electron chi connectivity index (χ3n) is 2.26. The maximum Gasteiger partial charge on any atom is 0.266 e. The molecule has 1 heterocycles. The molecule has 0 amide bonds. The molecule has 6 heteroatoms. The Morgan fingerprint density at radius 3 is 3.06 bits per heavy atom. The minimum absolute atomic E-state index is 0.0385. The van der Waals surface area contributed by atoms with Gasteiger partial charge in [-0.3, -0.25) is 9.36 Å². The van der Waals surface area contributed by atoms with Gasteiger partial charge in [-0.05, 0) is 40.8 Å². The van der Waals surface area contributed by atoms with Crippen molar-refractivity contribution in [3.63, 3.8) is 0 Å². The molecule has 0 bridgehead atoms. The van der Waals surface area contributed by atoms with Crippen LogP contribution in [0.2, 0.25) is 0 Å². The van der Waals surface area contributed by atoms with Crippen LogP contribution in [0.5, 0.6) is 5.75 Å². The van der Waals surface area contributed by atoms with Gasteiger partial charge in [0.05, 0.1) is 16.4 Å². The Morgan fingerprint density at radius 2 is 2.28 bits per heavy atom. The second kappa shape index (κ2) is 6.33. The molecule has 0 radical (unpaired) electrons. The second-order valence-corrected chi connectivity index (χ2v) is 5.62. The molecule has 0 spiro atoms. The number of ether oxygens (including phenoxy) is 1. The number of hydrogen-bond donors (Lipinski definition) is 0. The Kier molecular flexibility index (Phi) is 4.76. The summed E-state index contributed by atoms with van der Waals surface area (Å²) in [6.45, 7) is 0.910. The average molecular weight is 421 g/mol. The van der Waals surface area contributed by atoms with Crippen molar-refractivity contribution < 1.29 is 4.74 Å². The summed E-state index contributed by atoms with van der Waals surface area (Å²) >= 11 is 5.35. The van der Waals surface area contributed by atoms with Gasteiger partial charge >= 0.3 is 0 Å². The number of benzene rings is 1. The van der Waals surface area contributed by atoms with Crippen molar-refractivity contribution in [2.45, 2.75) is 6.54 Å². The third kappa shape index (κ3) is 3.55. The molecule has 2 rings (SSSR count). The standard InChI is InChI=1S/C12H10BrIN2O2/c13-9-2-1-3-10(6-9)18-5-4-16-8-15-7-11(14)12(16)17/h1-3,6-8H,4-5H2. The molecule has 0 N–H and O–H groups in total. The molecule has 0 aliphatic heterocycles. The summed E-state index contributed by atoms with van der Waals surface area (Å²) in [5, 5.41) is 0. The molecule has 0 saturated carbocycles. The highest BCUT2D eigenvalue weighted by atomic mass is 127. The molecule has 2 aromatic rings. The van der Waals surface area contributed by atoms with Crippen LogP contribution in [0.15, 0.2) is 46.1 Å². The Balaban J connectivity index is 1.97. The summed E-state index contributed by atoms with van der Waals surface area (Å²) in [6, 6.07) is 7.59. The van der Waals surface area contributed by atoms with E-state index >= 15 is 0 Å². The maximum absolute atomic E-state index is 11.7. The van der Waals surface area contributed by atoms with Crippen LogP contribution in [0.1, 0.15) is 0 Å². The van der Waals surface area contributed by atoms with Crippen molar-refractivity contribution in [2.24, 2.45) is 0 Å². The highest BCUT2D eigenvalue weighted by Crippen LogP contribution is 2.17. The van der Waals surface area contributed by atoms with E-state index in [9.17, 15) is 4.79 Å². The van der Waals surface area contributed by atoms with E-state index in [-0.39, 0.29) is 5.56 Å². The quantitative estimate of drug-likeness (QED) is 0.714. The van der Waals surface area contributed by atoms with E-state index in [4.69, 9.17) is 4.74 Å². The predicted octanol–water partition coefficient (Wildman–Crippen LogP) is 2.69. The SMILES string of the molecule is O=c1c(I)cncn1CCOc1cccc(Br)c1. The zero-order chi connectivity index (χ0) is 13.0. The number of hydrogen-bond acceptors (Lipinski definition) is 3. The second-order valence-electron chi connectivity index (χ2n) is 3.55. The van der Waals surface area contributed by atoms with Crippen molar-refractivity contribution in [1.29, 1.82) is 0 Å². The van der Waals surface area contributed by atoms with Crippen molar-refractivity contribution in [2.75, 3.05) is 6.61 Å². The molecular weight excluding hydrogens is 411 g/mol. The minimum Gasteiger partial charge on any atom is -0.492 e. The molecule has 1 aromatic carbocycles. The van der Waals surface area contributed by atoms with Crippen molar-refractivity contribution >= 4 is 38.5 Å². The zero-order valence-corrected chi connectivity index (χ0v) is 13.1. The highest BCUT2D eigenvalue weighted by Gasteiger charge is 2.01. The molecule has 0 fully saturated rings. The number of aromatic nitrogens is 2. The molecule has 1 aromatic heterocycles. The van der Waals surface area contributed by atoms with Crippen molar-refractivity contribution in [3.8, 4) is 5.75 Å². The molecule has 18 heavy (non-hydrogen) atoms. The summed E-state index contributed by atoms with van der Waals surface area (Å²) in [7, 11) is 0. The summed E-state index contributed by atoms with van der Waals surface area (Å²) in [6.07, 6.45) is 3.07. The molecule has 0 saturated heterocycles. The van der Waals surface area contributed by atoms with E-state index in [1.165, 1.54) is 6.33 Å². The average Bonchev–Trinajstić information content (AvgIpc) is 2.35. The topological polar surface area (TPSA) is 44.1 Å². The lowest BCUT2D eigenvalue weighted by molar-refractivity contribution is 0.295. The number of nitrogens with zero attached hydrogens (tertiary/aromatic N) is 2. The number of halogens is 2. The van der Waals surface area contributed by atoms with Crippen LogP contribution in [-0.2, 0) is 6.54 Å². The van der Waals surface area contributed by atoms with Crippen LogP contribution in [-0.4, -0.2) is 16.2 Å². The third-order valence-corrected chi connectivity index (χ3v) is 3.49. The summed E-state index contributed by atoms with van der Waals surface area (Å²) in [5.41, 5.74) is -0.0385. The van der Waals surface area contributed by atoms with Gasteiger partial charge < -0.3 is 4.74 Å². The summed E-state index contributed by atoms with van der Waals surface area (Å²) in [4.78, 5) is 15.7. The van der Waals surface area contributed by atoms with E-state index in [0.717, 1.165) is 10.2 Å². The molecule has 94 valence electrons. The first kappa shape index (κ1) is 13.5. The van der Waals surface area contributed by atoms with E-state index in [1.807, 2.05) is 46.9 Å². The molecule has 0 aliphatic rings. The number of rotatable bonds is 4. The largest absolute Gasteiger partial charge is 0.492 e. The van der Waals surface area contributed by atoms with Gasteiger partial charge in [0, 0.05) is 10.7 Å². The van der Waals surface area contributed by atoms with Gasteiger partial charge in [0.15, 0.2) is 0 Å². The van der Waals surface area contributed by atoms with Crippen LogP contribution in [0.3, 0.4) is 0 Å². The van der Waals surface area contributed by atoms with E-state index in [1.54, 1.807) is 10.8 Å². The van der Waals surface area contributed by atoms with Crippen LogP contribution in [0, 0.1) is 3.57 Å². The smallest absolute Gasteiger partial charge is 0.266 e. The lowest BCUT2D eigenvalue weighted by Crippen LogP contribution is -2.25. The normalized spacial score (nSPS) is 10.3. The predicted molar refractivity (Wildman–Crippen MR) is 80.9 cm³/mol. The lowest BCUT2D eigenvalue weighted by atomic mass is 10.3. The zero-order valence-electron chi connectivity index (χ0n) is 9.35. The van der Waals surface area contributed by atoms with Crippen LogP contribution < -0.4 is 10.3 Å². The first-order valence-electron chi connectivity index (χ1n) is 5.25. The Hall–Kier alpha value is -0.890. The summed E-state index contributed by atoms with van der Waals surface area (Å²) in [5.74, 6) is 0.774. The molecule has 0 atom stereocenters. The summed E-state index contributed by atoms with van der Waals surface area (Å²) < 4.78 is 8.68. The van der Waals surface area contributed by atoms with E-state index in [2.05, 4.69) is 20.9 Å². The monoisotopic (exact) mass is 420 g/mol. The van der Waals surface area contributed by atoms with Crippen molar-refractivity contribution in [1.82, 2.24) is 9.55 Å². The fourth-order valence-corrected chi connectivity index (χ4v) is 2.25. The molecule has 0 aliphatic carbocycles. The maximum atomic E-state index is 11.7. The molecule has 0 unspecified atom stereocenters. The van der Waals surface area contributed by atoms with Gasteiger partial charge in [-0.25, -0.2) is 4.98 Å². The molecule has 4 nitrogen and oxygen atoms in total. The Bertz CT molecular complexity index is 601. The van der Waals surface area contributed by atoms with Gasteiger partial charge in [-0.2, -0.15) is 0 Å². The van der Waals surface area contributed by atoms with Gasteiger partial charge in [-0.1, -0.05) is 22.0 Å². The van der Waals surface area contributed by atoms with E-state index in [0.29, 0.717) is 16.7 Å². The Morgan fingerprint density at radius 1 is 1.44 bits per heavy atom. The van der Waals surface area contributed by atoms with Crippen LogP contribution in [0.4, 0.5) is 0 Å². The van der Waals surface area contributed by atoms with Crippen molar-refractivity contribution in [3.05, 3.63) is 55.2 Å². The van der Waals surface area contributed by atoms with Gasteiger partial charge in [0.2, 0.25) is 0 Å². The van der Waals surface area contributed by atoms with Crippen LogP contribution >= 0.6 is 38.5 Å². The Labute approximate surface area is 126 Å². The molecular formula is C12H10BrIN2O2. The fraction of sp³-hybridized carbons (Fsp3) is 0.167. The van der Waals surface area contributed by atoms with Gasteiger partial charge in [-0.15, -0.1) is 0 Å². The minimum atomic E-state index is -0.0385. The first-order valence-corrected chi connectivity index (χ1v) is 7.12. The van der Waals surface area contributed by atoms with Crippen LogP contribution in [0.25, 0.3) is 0 Å². The highest BCUT2D eigenvalue weighted by molar-refractivity contribution is 14.1. The lowest BCUT2D eigenvalue weighted by Gasteiger charge is -2.08. The van der Waals surface area contributed by atoms with Gasteiger partial charge in [0.25, 0.3) is 5.56 Å². The first-order chi connectivity index (χ1) is 8.66. The van der Waals surface area contributed by atoms with Gasteiger partial charge in [0.1, 0.15) is 12.4 Å². The van der Waals surface area contributed by atoms with E-state index < -0.39 is 0 Å².